The van der Waals surface area contributed by atoms with E-state index < -0.39 is 9.84 Å². The lowest BCUT2D eigenvalue weighted by Crippen LogP contribution is -2.26. The van der Waals surface area contributed by atoms with Crippen molar-refractivity contribution < 1.29 is 12.8 Å². The van der Waals surface area contributed by atoms with Gasteiger partial charge >= 0.3 is 0 Å². The van der Waals surface area contributed by atoms with Crippen LogP contribution in [0, 0.1) is 11.7 Å². The Morgan fingerprint density at radius 2 is 2.14 bits per heavy atom. The van der Waals surface area contributed by atoms with Gasteiger partial charge in [-0.2, -0.15) is 0 Å². The average Bonchev–Trinajstić information content (AvgIpc) is 3.18. The molecule has 2 rings (SSSR count). The van der Waals surface area contributed by atoms with Gasteiger partial charge in [0, 0.05) is 18.1 Å². The number of nitrogens with one attached hydrogen (secondary N) is 1. The molecular weight excluding hydrogens is 289 g/mol. The topological polar surface area (TPSA) is 46.2 Å². The maximum Gasteiger partial charge on any atom is 0.147 e. The first-order chi connectivity index (χ1) is 9.92. The lowest BCUT2D eigenvalue weighted by molar-refractivity contribution is 0.436. The van der Waals surface area contributed by atoms with Gasteiger partial charge in [-0.05, 0) is 62.3 Å². The highest BCUT2D eigenvalue weighted by molar-refractivity contribution is 7.90. The van der Waals surface area contributed by atoms with E-state index in [4.69, 9.17) is 0 Å². The van der Waals surface area contributed by atoms with Crippen LogP contribution in [0.5, 0.6) is 0 Å². The SMILES string of the molecule is CS(=O)(=O)CCCC(CNC1CC1)Cc1cccc(F)c1. The van der Waals surface area contributed by atoms with Crippen molar-refractivity contribution in [2.24, 2.45) is 5.92 Å². The Morgan fingerprint density at radius 1 is 1.38 bits per heavy atom. The van der Waals surface area contributed by atoms with E-state index in [0.29, 0.717) is 18.4 Å². The molecule has 0 amide bonds. The molecule has 0 aromatic heterocycles. The predicted molar refractivity (Wildman–Crippen MR) is 83.6 cm³/mol. The van der Waals surface area contributed by atoms with Crippen LogP contribution in [-0.4, -0.2) is 33.0 Å². The van der Waals surface area contributed by atoms with Crippen molar-refractivity contribution in [3.05, 3.63) is 35.6 Å². The van der Waals surface area contributed by atoms with Gasteiger partial charge in [-0.3, -0.25) is 0 Å². The maximum absolute atomic E-state index is 13.3. The maximum atomic E-state index is 13.3. The number of hydrogen-bond donors (Lipinski definition) is 1. The second kappa shape index (κ2) is 7.36. The minimum absolute atomic E-state index is 0.211. The summed E-state index contributed by atoms with van der Waals surface area (Å²) in [6, 6.07) is 7.32. The van der Waals surface area contributed by atoms with Gasteiger partial charge in [-0.15, -0.1) is 0 Å². The minimum Gasteiger partial charge on any atom is -0.314 e. The first-order valence-corrected chi connectivity index (χ1v) is 9.64. The molecule has 1 aliphatic carbocycles. The largest absolute Gasteiger partial charge is 0.314 e. The van der Waals surface area contributed by atoms with E-state index in [9.17, 15) is 12.8 Å². The Bertz CT molecular complexity index is 555. The molecule has 1 aromatic rings. The molecule has 1 unspecified atom stereocenters. The fourth-order valence-corrected chi connectivity index (χ4v) is 3.22. The normalized spacial score (nSPS) is 16.9. The monoisotopic (exact) mass is 313 g/mol. The molecule has 0 aliphatic heterocycles. The summed E-state index contributed by atoms with van der Waals surface area (Å²) in [4.78, 5) is 0. The summed E-state index contributed by atoms with van der Waals surface area (Å²) in [6.07, 6.45) is 6.05. The van der Waals surface area contributed by atoms with E-state index in [2.05, 4.69) is 5.32 Å². The standard InChI is InChI=1S/C16H24FNO2S/c1-21(19,20)9-3-5-14(12-18-16-7-8-16)10-13-4-2-6-15(17)11-13/h2,4,6,11,14,16,18H,3,5,7-10,12H2,1H3. The number of benzene rings is 1. The second-order valence-corrected chi connectivity index (χ2v) is 8.41. The van der Waals surface area contributed by atoms with Gasteiger partial charge < -0.3 is 5.32 Å². The van der Waals surface area contributed by atoms with Crippen molar-refractivity contribution in [2.75, 3.05) is 18.6 Å². The minimum atomic E-state index is -2.90. The van der Waals surface area contributed by atoms with E-state index >= 15 is 0 Å². The Morgan fingerprint density at radius 3 is 2.76 bits per heavy atom. The van der Waals surface area contributed by atoms with E-state index in [1.54, 1.807) is 12.1 Å². The van der Waals surface area contributed by atoms with Crippen LogP contribution in [0.1, 0.15) is 31.2 Å². The predicted octanol–water partition coefficient (Wildman–Crippen LogP) is 2.56. The quantitative estimate of drug-likeness (QED) is 0.762. The molecule has 21 heavy (non-hydrogen) atoms. The zero-order valence-corrected chi connectivity index (χ0v) is 13.3. The molecule has 1 N–H and O–H groups in total. The third-order valence-corrected chi connectivity index (χ3v) is 4.84. The fraction of sp³-hybridized carbons (Fsp3) is 0.625. The molecule has 3 nitrogen and oxygen atoms in total. The third kappa shape index (κ3) is 7.05. The van der Waals surface area contributed by atoms with Gasteiger partial charge in [0.2, 0.25) is 0 Å². The highest BCUT2D eigenvalue weighted by Crippen LogP contribution is 2.21. The second-order valence-electron chi connectivity index (χ2n) is 6.15. The lowest BCUT2D eigenvalue weighted by Gasteiger charge is -2.17. The van der Waals surface area contributed by atoms with Crippen molar-refractivity contribution in [1.29, 1.82) is 0 Å². The van der Waals surface area contributed by atoms with Crippen LogP contribution in [0.3, 0.4) is 0 Å². The van der Waals surface area contributed by atoms with Crippen LogP contribution in [0.15, 0.2) is 24.3 Å². The molecule has 1 fully saturated rings. The number of rotatable bonds is 9. The summed E-state index contributed by atoms with van der Waals surface area (Å²) in [5.41, 5.74) is 0.983. The molecule has 1 atom stereocenters. The summed E-state index contributed by atoms with van der Waals surface area (Å²) < 4.78 is 35.7. The van der Waals surface area contributed by atoms with Gasteiger partial charge in [0.25, 0.3) is 0 Å². The molecule has 1 aliphatic rings. The molecule has 5 heteroatoms. The molecule has 118 valence electrons. The molecule has 0 radical (unpaired) electrons. The summed E-state index contributed by atoms with van der Waals surface area (Å²) >= 11 is 0. The highest BCUT2D eigenvalue weighted by atomic mass is 32.2. The first kappa shape index (κ1) is 16.4. The van der Waals surface area contributed by atoms with Crippen LogP contribution < -0.4 is 5.32 Å². The number of halogens is 1. The molecular formula is C16H24FNO2S. The van der Waals surface area contributed by atoms with Crippen molar-refractivity contribution >= 4 is 9.84 Å². The summed E-state index contributed by atoms with van der Waals surface area (Å²) in [5, 5.41) is 3.50. The summed E-state index contributed by atoms with van der Waals surface area (Å²) in [5.74, 6) is 0.377. The first-order valence-electron chi connectivity index (χ1n) is 7.58. The number of sulfone groups is 1. The van der Waals surface area contributed by atoms with E-state index in [1.807, 2.05) is 6.07 Å². The van der Waals surface area contributed by atoms with Crippen molar-refractivity contribution in [3.8, 4) is 0 Å². The van der Waals surface area contributed by atoms with Gasteiger partial charge in [-0.1, -0.05) is 12.1 Å². The van der Waals surface area contributed by atoms with Crippen molar-refractivity contribution in [2.45, 2.75) is 38.1 Å². The molecule has 1 aromatic carbocycles. The molecule has 0 spiro atoms. The smallest absolute Gasteiger partial charge is 0.147 e. The fourth-order valence-electron chi connectivity index (χ4n) is 2.53. The molecule has 0 saturated heterocycles. The van der Waals surface area contributed by atoms with Crippen LogP contribution in [0.2, 0.25) is 0 Å². The van der Waals surface area contributed by atoms with Crippen LogP contribution in [0.25, 0.3) is 0 Å². The van der Waals surface area contributed by atoms with Crippen molar-refractivity contribution in [3.63, 3.8) is 0 Å². The van der Waals surface area contributed by atoms with Gasteiger partial charge in [0.1, 0.15) is 15.7 Å². The molecule has 0 heterocycles. The van der Waals surface area contributed by atoms with E-state index in [-0.39, 0.29) is 11.6 Å². The van der Waals surface area contributed by atoms with Gasteiger partial charge in [-0.25, -0.2) is 12.8 Å². The average molecular weight is 313 g/mol. The zero-order chi connectivity index (χ0) is 15.3. The Hall–Kier alpha value is -0.940. The Labute approximate surface area is 126 Å². The third-order valence-electron chi connectivity index (χ3n) is 3.81. The van der Waals surface area contributed by atoms with E-state index in [0.717, 1.165) is 24.9 Å². The van der Waals surface area contributed by atoms with E-state index in [1.165, 1.54) is 25.2 Å². The van der Waals surface area contributed by atoms with Crippen LogP contribution in [0.4, 0.5) is 4.39 Å². The Kier molecular flexibility index (Phi) is 5.76. The number of hydrogen-bond acceptors (Lipinski definition) is 3. The lowest BCUT2D eigenvalue weighted by atomic mass is 9.95. The molecule has 0 bridgehead atoms. The van der Waals surface area contributed by atoms with Gasteiger partial charge in [0.05, 0.1) is 0 Å². The van der Waals surface area contributed by atoms with Gasteiger partial charge in [0.15, 0.2) is 0 Å². The van der Waals surface area contributed by atoms with Crippen LogP contribution in [-0.2, 0) is 16.3 Å². The zero-order valence-electron chi connectivity index (χ0n) is 12.5. The Balaban J connectivity index is 1.87. The summed E-state index contributed by atoms with van der Waals surface area (Å²) in [6.45, 7) is 0.880. The van der Waals surface area contributed by atoms with Crippen molar-refractivity contribution in [1.82, 2.24) is 5.32 Å². The highest BCUT2D eigenvalue weighted by Gasteiger charge is 2.22. The molecule has 1 saturated carbocycles. The van der Waals surface area contributed by atoms with Crippen LogP contribution >= 0.6 is 0 Å². The summed E-state index contributed by atoms with van der Waals surface area (Å²) in [7, 11) is -2.90.